The van der Waals surface area contributed by atoms with Gasteiger partial charge in [-0.15, -0.1) is 0 Å². The number of nitrogens with two attached hydrogens (primary N) is 1. The van der Waals surface area contributed by atoms with Gasteiger partial charge in [0, 0.05) is 5.92 Å². The van der Waals surface area contributed by atoms with Crippen LogP contribution in [0.5, 0.6) is 5.75 Å². The number of carbonyl (C=O) groups excluding carboxylic acids is 1. The number of ether oxygens (including phenoxy) is 1. The number of hydrogen-bond donors (Lipinski definition) is 2. The van der Waals surface area contributed by atoms with Gasteiger partial charge in [0.1, 0.15) is 5.75 Å². The number of para-hydroxylation sites is 2. The van der Waals surface area contributed by atoms with Gasteiger partial charge in [-0.1, -0.05) is 25.5 Å². The van der Waals surface area contributed by atoms with E-state index in [4.69, 9.17) is 4.74 Å². The summed E-state index contributed by atoms with van der Waals surface area (Å²) in [5, 5.41) is 5.15. The summed E-state index contributed by atoms with van der Waals surface area (Å²) in [6, 6.07) is 8.17. The fourth-order valence-electron chi connectivity index (χ4n) is 3.01. The molecule has 4 nitrogen and oxygen atoms in total. The molecule has 21 heavy (non-hydrogen) atoms. The van der Waals surface area contributed by atoms with E-state index in [1.54, 1.807) is 0 Å². The molecule has 116 valence electrons. The smallest absolute Gasteiger partial charge is 0.279 e. The summed E-state index contributed by atoms with van der Waals surface area (Å²) in [4.78, 5) is 12.1. The Hall–Kier alpha value is -1.55. The third kappa shape index (κ3) is 4.74. The number of carbonyl (C=O) groups is 1. The lowest BCUT2D eigenvalue weighted by Crippen LogP contribution is -2.93. The van der Waals surface area contributed by atoms with E-state index in [1.165, 1.54) is 25.7 Å². The first kappa shape index (κ1) is 15.8. The van der Waals surface area contributed by atoms with Crippen LogP contribution >= 0.6 is 0 Å². The van der Waals surface area contributed by atoms with Crippen LogP contribution in [0.25, 0.3) is 0 Å². The van der Waals surface area contributed by atoms with Gasteiger partial charge >= 0.3 is 0 Å². The molecule has 2 rings (SSSR count). The van der Waals surface area contributed by atoms with Gasteiger partial charge in [0.2, 0.25) is 0 Å². The van der Waals surface area contributed by atoms with E-state index in [2.05, 4.69) is 17.6 Å². The van der Waals surface area contributed by atoms with Crippen molar-refractivity contribution in [3.05, 3.63) is 24.3 Å². The molecule has 0 heterocycles. The minimum Gasteiger partial charge on any atom is -0.492 e. The molecule has 0 aromatic heterocycles. The van der Waals surface area contributed by atoms with Crippen LogP contribution in [0, 0.1) is 5.92 Å². The van der Waals surface area contributed by atoms with Crippen molar-refractivity contribution in [1.29, 1.82) is 0 Å². The molecule has 0 aliphatic heterocycles. The number of amides is 1. The summed E-state index contributed by atoms with van der Waals surface area (Å²) in [6.07, 6.45) is 5.14. The SMILES string of the molecule is CCOc1ccccc1NC(=O)C[NH2+][C@@H]1CCCC[C@@H]1C. The highest BCUT2D eigenvalue weighted by atomic mass is 16.5. The highest BCUT2D eigenvalue weighted by molar-refractivity contribution is 5.92. The van der Waals surface area contributed by atoms with Crippen molar-refractivity contribution in [2.45, 2.75) is 45.6 Å². The zero-order valence-electron chi connectivity index (χ0n) is 13.1. The number of rotatable bonds is 6. The second-order valence-corrected chi connectivity index (χ2v) is 5.84. The number of benzene rings is 1. The Morgan fingerprint density at radius 1 is 1.33 bits per heavy atom. The maximum atomic E-state index is 12.1. The maximum Gasteiger partial charge on any atom is 0.279 e. The molecule has 1 fully saturated rings. The molecule has 0 unspecified atom stereocenters. The first-order valence-corrected chi connectivity index (χ1v) is 8.05. The molecule has 1 amide bonds. The first-order chi connectivity index (χ1) is 10.2. The average Bonchev–Trinajstić information content (AvgIpc) is 2.49. The lowest BCUT2D eigenvalue weighted by atomic mass is 9.86. The Labute approximate surface area is 127 Å². The van der Waals surface area contributed by atoms with Crippen molar-refractivity contribution in [2.24, 2.45) is 5.92 Å². The highest BCUT2D eigenvalue weighted by Gasteiger charge is 2.24. The van der Waals surface area contributed by atoms with Crippen molar-refractivity contribution in [3.8, 4) is 5.75 Å². The third-order valence-electron chi connectivity index (χ3n) is 4.24. The largest absolute Gasteiger partial charge is 0.492 e. The Bertz CT molecular complexity index is 462. The second kappa shape index (κ2) is 8.03. The van der Waals surface area contributed by atoms with E-state index in [0.717, 1.165) is 11.4 Å². The number of quaternary nitrogens is 1. The molecule has 0 saturated heterocycles. The highest BCUT2D eigenvalue weighted by Crippen LogP contribution is 2.23. The van der Waals surface area contributed by atoms with Crippen LogP contribution in [0.15, 0.2) is 24.3 Å². The normalized spacial score (nSPS) is 21.8. The molecular weight excluding hydrogens is 264 g/mol. The summed E-state index contributed by atoms with van der Waals surface area (Å²) >= 11 is 0. The summed E-state index contributed by atoms with van der Waals surface area (Å²) in [5.41, 5.74) is 0.759. The maximum absolute atomic E-state index is 12.1. The summed E-state index contributed by atoms with van der Waals surface area (Å²) < 4.78 is 5.52. The lowest BCUT2D eigenvalue weighted by Gasteiger charge is -2.26. The minimum atomic E-state index is 0.0416. The minimum absolute atomic E-state index is 0.0416. The van der Waals surface area contributed by atoms with Crippen molar-refractivity contribution in [3.63, 3.8) is 0 Å². The Morgan fingerprint density at radius 2 is 2.10 bits per heavy atom. The van der Waals surface area contributed by atoms with Crippen LogP contribution in [0.4, 0.5) is 5.69 Å². The van der Waals surface area contributed by atoms with Gasteiger partial charge in [0.05, 0.1) is 18.3 Å². The summed E-state index contributed by atoms with van der Waals surface area (Å²) in [7, 11) is 0. The van der Waals surface area contributed by atoms with Gasteiger partial charge in [0.25, 0.3) is 5.91 Å². The van der Waals surface area contributed by atoms with Crippen LogP contribution in [0.2, 0.25) is 0 Å². The van der Waals surface area contributed by atoms with Gasteiger partial charge in [0.15, 0.2) is 6.54 Å². The molecular formula is C17H27N2O2+. The van der Waals surface area contributed by atoms with E-state index in [-0.39, 0.29) is 5.91 Å². The van der Waals surface area contributed by atoms with E-state index in [0.29, 0.717) is 25.1 Å². The van der Waals surface area contributed by atoms with Crippen LogP contribution < -0.4 is 15.4 Å². The van der Waals surface area contributed by atoms with Crippen molar-refractivity contribution in [2.75, 3.05) is 18.5 Å². The molecule has 2 atom stereocenters. The Morgan fingerprint density at radius 3 is 2.86 bits per heavy atom. The number of nitrogens with one attached hydrogen (secondary N) is 1. The van der Waals surface area contributed by atoms with Gasteiger partial charge in [-0.25, -0.2) is 0 Å². The van der Waals surface area contributed by atoms with E-state index in [1.807, 2.05) is 31.2 Å². The molecule has 1 aromatic carbocycles. The first-order valence-electron chi connectivity index (χ1n) is 8.05. The van der Waals surface area contributed by atoms with Crippen LogP contribution in [0.1, 0.15) is 39.5 Å². The van der Waals surface area contributed by atoms with Crippen molar-refractivity contribution in [1.82, 2.24) is 0 Å². The Kier molecular flexibility index (Phi) is 6.05. The molecule has 0 bridgehead atoms. The third-order valence-corrected chi connectivity index (χ3v) is 4.24. The van der Waals surface area contributed by atoms with Gasteiger partial charge in [-0.05, 0) is 38.3 Å². The lowest BCUT2D eigenvalue weighted by molar-refractivity contribution is -0.687. The summed E-state index contributed by atoms with van der Waals surface area (Å²) in [5.74, 6) is 1.49. The van der Waals surface area contributed by atoms with Crippen molar-refractivity contribution < 1.29 is 14.8 Å². The second-order valence-electron chi connectivity index (χ2n) is 5.84. The van der Waals surface area contributed by atoms with Gasteiger partial charge in [-0.3, -0.25) is 4.79 Å². The fourth-order valence-corrected chi connectivity index (χ4v) is 3.01. The van der Waals surface area contributed by atoms with Gasteiger partial charge < -0.3 is 15.4 Å². The van der Waals surface area contributed by atoms with Gasteiger partial charge in [-0.2, -0.15) is 0 Å². The molecule has 1 saturated carbocycles. The molecule has 1 aromatic rings. The molecule has 1 aliphatic carbocycles. The van der Waals surface area contributed by atoms with E-state index in [9.17, 15) is 4.79 Å². The van der Waals surface area contributed by atoms with Crippen LogP contribution in [-0.2, 0) is 4.79 Å². The average molecular weight is 291 g/mol. The molecule has 0 spiro atoms. The fraction of sp³-hybridized carbons (Fsp3) is 0.588. The quantitative estimate of drug-likeness (QED) is 0.844. The molecule has 1 aliphatic rings. The predicted molar refractivity (Wildman–Crippen MR) is 84.5 cm³/mol. The topological polar surface area (TPSA) is 54.9 Å². The monoisotopic (exact) mass is 291 g/mol. The van der Waals surface area contributed by atoms with Crippen LogP contribution in [-0.4, -0.2) is 25.1 Å². The number of hydrogen-bond acceptors (Lipinski definition) is 2. The summed E-state index contributed by atoms with van der Waals surface area (Å²) in [6.45, 7) is 5.31. The molecule has 4 heteroatoms. The standard InChI is InChI=1S/C17H26N2O2/c1-3-21-16-11-7-6-10-15(16)19-17(20)12-18-14-9-5-4-8-13(14)2/h6-7,10-11,13-14,18H,3-5,8-9,12H2,1-2H3,(H,19,20)/p+1/t13-,14+/m0/s1. The predicted octanol–water partition coefficient (Wildman–Crippen LogP) is 2.17. The van der Waals surface area contributed by atoms with E-state index < -0.39 is 0 Å². The van der Waals surface area contributed by atoms with Crippen molar-refractivity contribution >= 4 is 11.6 Å². The van der Waals surface area contributed by atoms with E-state index >= 15 is 0 Å². The van der Waals surface area contributed by atoms with Crippen LogP contribution in [0.3, 0.4) is 0 Å². The Balaban J connectivity index is 1.84. The zero-order chi connectivity index (χ0) is 15.1. The number of anilines is 1. The molecule has 3 N–H and O–H groups in total. The zero-order valence-corrected chi connectivity index (χ0v) is 13.1. The molecule has 0 radical (unpaired) electrons.